The predicted octanol–water partition coefficient (Wildman–Crippen LogP) is 3.78. The zero-order chi connectivity index (χ0) is 22.6. The fourth-order valence-electron chi connectivity index (χ4n) is 4.11. The molecule has 1 fully saturated rings. The van der Waals surface area contributed by atoms with E-state index >= 15 is 0 Å². The smallest absolute Gasteiger partial charge is 0.306 e. The maximum atomic E-state index is 13.7. The van der Waals surface area contributed by atoms with E-state index in [4.69, 9.17) is 9.47 Å². The molecule has 4 rings (SSSR count). The van der Waals surface area contributed by atoms with Crippen molar-refractivity contribution in [2.75, 3.05) is 33.3 Å². The molecule has 1 aromatic carbocycles. The number of hydrogen-bond acceptors (Lipinski definition) is 6. The van der Waals surface area contributed by atoms with Crippen LogP contribution in [0, 0.1) is 5.82 Å². The lowest BCUT2D eigenvalue weighted by atomic mass is 10.00. The van der Waals surface area contributed by atoms with Crippen LogP contribution >= 0.6 is 22.7 Å². The van der Waals surface area contributed by atoms with Crippen molar-refractivity contribution in [1.29, 1.82) is 0 Å². The summed E-state index contributed by atoms with van der Waals surface area (Å²) in [5, 5.41) is 17.4. The largest absolute Gasteiger partial charge is 0.833 e. The van der Waals surface area contributed by atoms with Crippen molar-refractivity contribution in [3.8, 4) is 5.75 Å². The van der Waals surface area contributed by atoms with Crippen LogP contribution < -0.4 is 9.84 Å². The van der Waals surface area contributed by atoms with E-state index in [0.29, 0.717) is 28.7 Å². The molecule has 3 heterocycles. The summed E-state index contributed by atoms with van der Waals surface area (Å²) in [4.78, 5) is 14.0. The van der Waals surface area contributed by atoms with Gasteiger partial charge in [-0.1, -0.05) is 12.1 Å². The third-order valence-electron chi connectivity index (χ3n) is 5.86. The van der Waals surface area contributed by atoms with Crippen LogP contribution in [-0.4, -0.2) is 49.8 Å². The minimum atomic E-state index is -2.02. The molecule has 0 radical (unpaired) electrons. The van der Waals surface area contributed by atoms with Gasteiger partial charge in [-0.15, -0.1) is 22.7 Å². The van der Waals surface area contributed by atoms with E-state index in [1.54, 1.807) is 47.2 Å². The van der Waals surface area contributed by atoms with Crippen molar-refractivity contribution in [2.24, 2.45) is 0 Å². The monoisotopic (exact) mass is 475 g/mol. The van der Waals surface area contributed by atoms with Crippen LogP contribution in [-0.2, 0) is 15.1 Å². The van der Waals surface area contributed by atoms with Crippen LogP contribution in [0.1, 0.15) is 22.6 Å². The van der Waals surface area contributed by atoms with Gasteiger partial charge in [0, 0.05) is 22.6 Å². The van der Waals surface area contributed by atoms with Gasteiger partial charge in [-0.2, -0.15) is 0 Å². The Morgan fingerprint density at radius 3 is 2.41 bits per heavy atom. The molecule has 0 aliphatic carbocycles. The summed E-state index contributed by atoms with van der Waals surface area (Å²) in [7, 11) is 2.13. The Bertz CT molecular complexity index is 973. The van der Waals surface area contributed by atoms with E-state index in [1.807, 2.05) is 0 Å². The van der Waals surface area contributed by atoms with Gasteiger partial charge in [-0.3, -0.25) is 4.79 Å². The van der Waals surface area contributed by atoms with Crippen molar-refractivity contribution in [3.63, 3.8) is 0 Å². The first-order valence-corrected chi connectivity index (χ1v) is 12.4. The van der Waals surface area contributed by atoms with Gasteiger partial charge in [0.25, 0.3) is 0 Å². The number of hydrogen-bond donors (Lipinski definition) is 0. The number of quaternary nitrogens is 1. The third kappa shape index (κ3) is 5.04. The molecule has 0 amide bonds. The average Bonchev–Trinajstić information content (AvgIpc) is 3.55. The lowest BCUT2D eigenvalue weighted by Crippen LogP contribution is -2.51. The Morgan fingerprint density at radius 2 is 1.81 bits per heavy atom. The zero-order valence-corrected chi connectivity index (χ0v) is 19.5. The summed E-state index contributed by atoms with van der Waals surface area (Å²) < 4.78 is 25.2. The van der Waals surface area contributed by atoms with Gasteiger partial charge in [-0.25, -0.2) is 4.39 Å². The number of benzene rings is 1. The molecule has 3 aromatic rings. The molecule has 1 aliphatic rings. The highest BCUT2D eigenvalue weighted by Crippen LogP contribution is 2.35. The second-order valence-corrected chi connectivity index (χ2v) is 10.3. The number of ether oxygens (including phenoxy) is 2. The summed E-state index contributed by atoms with van der Waals surface area (Å²) in [5.41, 5.74) is -2.02. The van der Waals surface area contributed by atoms with Crippen LogP contribution in [0.15, 0.2) is 59.3 Å². The molecular formula is C24H26FNO4S2. The van der Waals surface area contributed by atoms with Crippen molar-refractivity contribution >= 4 is 28.6 Å². The Morgan fingerprint density at radius 1 is 1.16 bits per heavy atom. The second-order valence-electron chi connectivity index (χ2n) is 8.36. The predicted molar refractivity (Wildman–Crippen MR) is 121 cm³/mol. The molecule has 0 bridgehead atoms. The summed E-state index contributed by atoms with van der Waals surface area (Å²) >= 11 is 2.56. The highest BCUT2D eigenvalue weighted by atomic mass is 32.1. The maximum Gasteiger partial charge on any atom is 0.306 e. The number of nitrogens with zero attached hydrogens (tertiary/aromatic N) is 1. The third-order valence-corrected chi connectivity index (χ3v) is 7.80. The van der Waals surface area contributed by atoms with E-state index in [2.05, 4.69) is 7.05 Å². The summed E-state index contributed by atoms with van der Waals surface area (Å²) in [6, 6.07) is 13.0. The summed E-state index contributed by atoms with van der Waals surface area (Å²) in [5.74, 6) is -0.356. The molecule has 2 unspecified atom stereocenters. The van der Waals surface area contributed by atoms with Crippen molar-refractivity contribution in [3.05, 3.63) is 74.9 Å². The first kappa shape index (κ1) is 22.9. The van der Waals surface area contributed by atoms with Crippen LogP contribution in [0.2, 0.25) is 0 Å². The van der Waals surface area contributed by atoms with Crippen molar-refractivity contribution in [2.45, 2.75) is 24.5 Å². The standard InChI is InChI=1S/C24H26FNO4S2/c1-26(12-4-14-29-19-9-7-18(25)8-10-19)13-11-20(17-26)30-23(27)24(28,21-5-2-15-31-21)22-6-3-16-32-22/h2-3,5-10,15-16,20H,4,11-14,17H2,1H3. The van der Waals surface area contributed by atoms with Crippen molar-refractivity contribution in [1.82, 2.24) is 0 Å². The quantitative estimate of drug-likeness (QED) is 0.269. The molecule has 0 saturated carbocycles. The van der Waals surface area contributed by atoms with Gasteiger partial charge in [0.15, 0.2) is 6.10 Å². The van der Waals surface area contributed by atoms with E-state index in [9.17, 15) is 14.3 Å². The maximum absolute atomic E-state index is 13.7. The Balaban J connectivity index is 1.31. The summed E-state index contributed by atoms with van der Waals surface area (Å²) in [6.45, 7) is 2.95. The Hall–Kier alpha value is -2.26. The average molecular weight is 476 g/mol. The van der Waals surface area contributed by atoms with Gasteiger partial charge in [-0.05, 0) is 47.2 Å². The number of halogens is 1. The lowest BCUT2D eigenvalue weighted by molar-refractivity contribution is -0.899. The Kier molecular flexibility index (Phi) is 6.95. The van der Waals surface area contributed by atoms with Gasteiger partial charge < -0.3 is 19.1 Å². The number of likely N-dealkylation sites (N-methyl/N-ethyl adjacent to an activating group) is 1. The van der Waals surface area contributed by atoms with Crippen LogP contribution in [0.25, 0.3) is 0 Å². The van der Waals surface area contributed by atoms with Gasteiger partial charge in [0.1, 0.15) is 18.1 Å². The Labute approximate surface area is 195 Å². The van der Waals surface area contributed by atoms with E-state index in [0.717, 1.165) is 30.4 Å². The fraction of sp³-hybridized carbons (Fsp3) is 0.375. The topological polar surface area (TPSA) is 58.6 Å². The molecule has 170 valence electrons. The minimum absolute atomic E-state index is 0.279. The number of likely N-dealkylation sites (tertiary alicyclic amines) is 1. The minimum Gasteiger partial charge on any atom is -0.833 e. The highest BCUT2D eigenvalue weighted by molar-refractivity contribution is 7.12. The normalized spacial score (nSPS) is 20.9. The number of carbonyl (C=O) groups excluding carboxylic acids is 1. The molecule has 1 aliphatic heterocycles. The van der Waals surface area contributed by atoms with Crippen molar-refractivity contribution < 1.29 is 28.2 Å². The fourth-order valence-corrected chi connectivity index (χ4v) is 5.82. The molecular weight excluding hydrogens is 449 g/mol. The zero-order valence-electron chi connectivity index (χ0n) is 17.9. The lowest BCUT2D eigenvalue weighted by Gasteiger charge is -2.37. The molecule has 1 saturated heterocycles. The molecule has 32 heavy (non-hydrogen) atoms. The van der Waals surface area contributed by atoms with Gasteiger partial charge in [0.05, 0.1) is 32.3 Å². The van der Waals surface area contributed by atoms with E-state index in [1.165, 1.54) is 34.8 Å². The first-order valence-electron chi connectivity index (χ1n) is 10.6. The molecule has 0 spiro atoms. The van der Waals surface area contributed by atoms with Gasteiger partial charge in [0.2, 0.25) is 0 Å². The van der Waals surface area contributed by atoms with Crippen LogP contribution in [0.5, 0.6) is 5.75 Å². The molecule has 5 nitrogen and oxygen atoms in total. The molecule has 2 atom stereocenters. The van der Waals surface area contributed by atoms with Crippen LogP contribution in [0.3, 0.4) is 0 Å². The van der Waals surface area contributed by atoms with E-state index in [-0.39, 0.29) is 11.9 Å². The number of thiophene rings is 2. The van der Waals surface area contributed by atoms with E-state index < -0.39 is 11.6 Å². The second kappa shape index (κ2) is 9.70. The number of rotatable bonds is 9. The summed E-state index contributed by atoms with van der Waals surface area (Å²) in [6.07, 6.45) is 1.27. The first-order chi connectivity index (χ1) is 15.4. The number of carbonyl (C=O) groups is 1. The number of esters is 1. The van der Waals surface area contributed by atoms with Gasteiger partial charge >= 0.3 is 5.97 Å². The molecule has 2 aromatic heterocycles. The van der Waals surface area contributed by atoms with Crippen LogP contribution in [0.4, 0.5) is 4.39 Å². The highest BCUT2D eigenvalue weighted by Gasteiger charge is 2.40. The molecule has 8 heteroatoms. The molecule has 0 N–H and O–H groups in total. The SMILES string of the molecule is C[N+]1(CCCOc2ccc(F)cc2)CCC(OC(=O)C([O-])(c2cccs2)c2cccs2)C1.